The molecular formula is C5H10N2O2. The first-order valence-corrected chi connectivity index (χ1v) is 2.52. The molecule has 0 saturated heterocycles. The van der Waals surface area contributed by atoms with E-state index in [2.05, 4.69) is 11.9 Å². The topological polar surface area (TPSA) is 75.3 Å². The molecule has 0 aromatic heterocycles. The number of carboxylic acid groups (broad SMARTS) is 1. The van der Waals surface area contributed by atoms with Gasteiger partial charge in [-0.05, 0) is 6.20 Å². The van der Waals surface area contributed by atoms with Gasteiger partial charge in [0.05, 0.1) is 0 Å². The predicted molar refractivity (Wildman–Crippen MR) is 33.8 cm³/mol. The van der Waals surface area contributed by atoms with Crippen molar-refractivity contribution < 1.29 is 9.90 Å². The molecular weight excluding hydrogens is 120 g/mol. The van der Waals surface area contributed by atoms with E-state index in [4.69, 9.17) is 10.8 Å². The summed E-state index contributed by atoms with van der Waals surface area (Å²) in [5.41, 5.74) is 5.07. The van der Waals surface area contributed by atoms with Crippen molar-refractivity contribution in [3.8, 4) is 0 Å². The van der Waals surface area contributed by atoms with E-state index in [1.807, 2.05) is 0 Å². The Labute approximate surface area is 53.4 Å². The zero-order valence-corrected chi connectivity index (χ0v) is 5.00. The van der Waals surface area contributed by atoms with Crippen LogP contribution in [0.5, 0.6) is 0 Å². The minimum absolute atomic E-state index is 0.0708. The first-order chi connectivity index (χ1) is 4.22. The second-order valence-electron chi connectivity index (χ2n) is 1.50. The van der Waals surface area contributed by atoms with E-state index in [0.717, 1.165) is 0 Å². The molecule has 0 spiro atoms. The molecule has 0 aliphatic heterocycles. The maximum absolute atomic E-state index is 10.1. The van der Waals surface area contributed by atoms with Crippen LogP contribution in [0.1, 0.15) is 0 Å². The number of carbonyl (C=O) groups is 1. The minimum atomic E-state index is -0.961. The number of hydrogen-bond acceptors (Lipinski definition) is 3. The van der Waals surface area contributed by atoms with Gasteiger partial charge >= 0.3 is 5.97 Å². The number of hydrogen-bond donors (Lipinski definition) is 3. The van der Waals surface area contributed by atoms with E-state index in [1.54, 1.807) is 0 Å². The number of nitrogens with two attached hydrogens (primary N) is 1. The lowest BCUT2D eigenvalue weighted by Crippen LogP contribution is -2.39. The van der Waals surface area contributed by atoms with E-state index in [1.165, 1.54) is 6.20 Å². The number of carboxylic acids is 1. The lowest BCUT2D eigenvalue weighted by molar-refractivity contribution is -0.138. The highest BCUT2D eigenvalue weighted by Crippen LogP contribution is 1.77. The zero-order chi connectivity index (χ0) is 7.28. The van der Waals surface area contributed by atoms with Gasteiger partial charge in [-0.2, -0.15) is 0 Å². The van der Waals surface area contributed by atoms with Gasteiger partial charge < -0.3 is 16.2 Å². The molecule has 4 heteroatoms. The Hall–Kier alpha value is -1.03. The number of aliphatic carboxylic acids is 1. The molecule has 52 valence electrons. The standard InChI is InChI=1S/C5H10N2O2/c1-2-7-4(3-6)5(8)9/h2,4,7H,1,3,6H2,(H,8,9). The zero-order valence-electron chi connectivity index (χ0n) is 5.00. The molecule has 0 aromatic carbocycles. The molecule has 0 aliphatic rings. The highest BCUT2D eigenvalue weighted by Gasteiger charge is 2.10. The normalized spacial score (nSPS) is 12.1. The van der Waals surface area contributed by atoms with Gasteiger partial charge in [0.2, 0.25) is 0 Å². The van der Waals surface area contributed by atoms with Crippen LogP contribution >= 0.6 is 0 Å². The Bertz CT molecular complexity index is 114. The average molecular weight is 130 g/mol. The first-order valence-electron chi connectivity index (χ1n) is 2.52. The number of nitrogens with one attached hydrogen (secondary N) is 1. The number of rotatable bonds is 4. The third-order valence-electron chi connectivity index (χ3n) is 0.853. The van der Waals surface area contributed by atoms with Crippen molar-refractivity contribution in [2.24, 2.45) is 5.73 Å². The third kappa shape index (κ3) is 2.71. The fraction of sp³-hybridized carbons (Fsp3) is 0.400. The first kappa shape index (κ1) is 7.97. The summed E-state index contributed by atoms with van der Waals surface area (Å²) in [5, 5.41) is 10.8. The van der Waals surface area contributed by atoms with Gasteiger partial charge in [0.1, 0.15) is 6.04 Å². The Morgan fingerprint density at radius 1 is 2.00 bits per heavy atom. The van der Waals surface area contributed by atoms with Crippen LogP contribution in [0.3, 0.4) is 0 Å². The van der Waals surface area contributed by atoms with Crippen molar-refractivity contribution in [3.63, 3.8) is 0 Å². The Kier molecular flexibility index (Phi) is 3.46. The molecule has 0 saturated carbocycles. The lowest BCUT2D eigenvalue weighted by Gasteiger charge is -2.07. The smallest absolute Gasteiger partial charge is 0.327 e. The summed E-state index contributed by atoms with van der Waals surface area (Å²) < 4.78 is 0. The van der Waals surface area contributed by atoms with E-state index < -0.39 is 12.0 Å². The Balaban J connectivity index is 3.67. The summed E-state index contributed by atoms with van der Waals surface area (Å²) in [7, 11) is 0. The van der Waals surface area contributed by atoms with Crippen LogP contribution < -0.4 is 11.1 Å². The third-order valence-corrected chi connectivity index (χ3v) is 0.853. The van der Waals surface area contributed by atoms with Crippen LogP contribution in [-0.2, 0) is 4.79 Å². The molecule has 0 aliphatic carbocycles. The molecule has 1 unspecified atom stereocenters. The summed E-state index contributed by atoms with van der Waals surface area (Å²) >= 11 is 0. The molecule has 1 atom stereocenters. The maximum atomic E-state index is 10.1. The fourth-order valence-electron chi connectivity index (χ4n) is 0.382. The van der Waals surface area contributed by atoms with E-state index in [-0.39, 0.29) is 6.54 Å². The van der Waals surface area contributed by atoms with Crippen molar-refractivity contribution in [2.45, 2.75) is 6.04 Å². The minimum Gasteiger partial charge on any atom is -0.480 e. The summed E-state index contributed by atoms with van der Waals surface area (Å²) in [5.74, 6) is -0.961. The molecule has 0 rings (SSSR count). The van der Waals surface area contributed by atoms with Gasteiger partial charge in [-0.25, -0.2) is 4.79 Å². The van der Waals surface area contributed by atoms with Gasteiger partial charge in [0.15, 0.2) is 0 Å². The monoisotopic (exact) mass is 130 g/mol. The molecule has 0 heterocycles. The van der Waals surface area contributed by atoms with Gasteiger partial charge in [0.25, 0.3) is 0 Å². The lowest BCUT2D eigenvalue weighted by atomic mass is 10.3. The Morgan fingerprint density at radius 2 is 2.56 bits per heavy atom. The van der Waals surface area contributed by atoms with E-state index in [0.29, 0.717) is 0 Å². The maximum Gasteiger partial charge on any atom is 0.327 e. The molecule has 0 amide bonds. The predicted octanol–water partition coefficient (Wildman–Crippen LogP) is -0.869. The molecule has 9 heavy (non-hydrogen) atoms. The summed E-state index contributed by atoms with van der Waals surface area (Å²) in [6.45, 7) is 3.37. The van der Waals surface area contributed by atoms with Crippen molar-refractivity contribution in [3.05, 3.63) is 12.8 Å². The fourth-order valence-corrected chi connectivity index (χ4v) is 0.382. The van der Waals surface area contributed by atoms with Crippen LogP contribution in [-0.4, -0.2) is 23.7 Å². The second-order valence-corrected chi connectivity index (χ2v) is 1.50. The second kappa shape index (κ2) is 3.91. The van der Waals surface area contributed by atoms with Crippen molar-refractivity contribution in [1.82, 2.24) is 5.32 Å². The SMILES string of the molecule is C=CNC(CN)C(=O)O. The molecule has 0 aromatic rings. The molecule has 0 bridgehead atoms. The van der Waals surface area contributed by atoms with Crippen LogP contribution in [0.15, 0.2) is 12.8 Å². The van der Waals surface area contributed by atoms with Gasteiger partial charge in [0, 0.05) is 6.54 Å². The van der Waals surface area contributed by atoms with Crippen LogP contribution in [0, 0.1) is 0 Å². The average Bonchev–Trinajstić information content (AvgIpc) is 1.82. The highest BCUT2D eigenvalue weighted by molar-refractivity contribution is 5.73. The van der Waals surface area contributed by atoms with Crippen LogP contribution in [0.4, 0.5) is 0 Å². The molecule has 0 radical (unpaired) electrons. The van der Waals surface area contributed by atoms with Gasteiger partial charge in [-0.1, -0.05) is 6.58 Å². The largest absolute Gasteiger partial charge is 0.480 e. The van der Waals surface area contributed by atoms with Crippen molar-refractivity contribution in [1.29, 1.82) is 0 Å². The van der Waals surface area contributed by atoms with Crippen molar-refractivity contribution >= 4 is 5.97 Å². The van der Waals surface area contributed by atoms with E-state index in [9.17, 15) is 4.79 Å². The van der Waals surface area contributed by atoms with Crippen molar-refractivity contribution in [2.75, 3.05) is 6.54 Å². The summed E-state index contributed by atoms with van der Waals surface area (Å²) in [6, 6.07) is -0.706. The van der Waals surface area contributed by atoms with Crippen LogP contribution in [0.25, 0.3) is 0 Å². The van der Waals surface area contributed by atoms with Gasteiger partial charge in [-0.3, -0.25) is 0 Å². The quantitative estimate of drug-likeness (QED) is 0.462. The molecule has 4 N–H and O–H groups in total. The molecule has 0 fully saturated rings. The Morgan fingerprint density at radius 3 is 2.67 bits per heavy atom. The summed E-state index contributed by atoms with van der Waals surface area (Å²) in [6.07, 6.45) is 1.31. The van der Waals surface area contributed by atoms with E-state index >= 15 is 0 Å². The van der Waals surface area contributed by atoms with Gasteiger partial charge in [-0.15, -0.1) is 0 Å². The molecule has 4 nitrogen and oxygen atoms in total. The highest BCUT2D eigenvalue weighted by atomic mass is 16.4. The summed E-state index contributed by atoms with van der Waals surface area (Å²) in [4.78, 5) is 10.1. The van der Waals surface area contributed by atoms with Crippen LogP contribution in [0.2, 0.25) is 0 Å².